The summed E-state index contributed by atoms with van der Waals surface area (Å²) in [5, 5.41) is 6.70. The Morgan fingerprint density at radius 3 is 1.20 bits per heavy atom. The van der Waals surface area contributed by atoms with Crippen LogP contribution in [0, 0.1) is 27.7 Å². The zero-order chi connectivity index (χ0) is 35.1. The van der Waals surface area contributed by atoms with E-state index >= 15 is 0 Å². The molecular weight excluding hydrogens is 624 g/mol. The van der Waals surface area contributed by atoms with Gasteiger partial charge in [0.1, 0.15) is 11.5 Å². The molecule has 248 valence electrons. The Bertz CT molecular complexity index is 2150. The monoisotopic (exact) mass is 660 g/mol. The molecule has 50 heavy (non-hydrogen) atoms. The molecule has 0 heterocycles. The first-order valence-electron chi connectivity index (χ1n) is 16.2. The van der Waals surface area contributed by atoms with E-state index in [4.69, 9.17) is 20.9 Å². The molecule has 0 saturated carbocycles. The van der Waals surface area contributed by atoms with Crippen LogP contribution in [0.15, 0.2) is 109 Å². The molecule has 0 amide bonds. The number of nitrogens with two attached hydrogens (primary N) is 2. The first-order chi connectivity index (χ1) is 24.0. The molecule has 6 aromatic rings. The molecule has 0 fully saturated rings. The van der Waals surface area contributed by atoms with Crippen LogP contribution in [0.3, 0.4) is 0 Å². The van der Waals surface area contributed by atoms with E-state index in [1.165, 1.54) is 0 Å². The number of fused-ring (bicyclic) bond motifs is 2. The topological polar surface area (TPSA) is 129 Å². The maximum absolute atomic E-state index is 14.9. The lowest BCUT2D eigenvalue weighted by Gasteiger charge is -2.27. The summed E-state index contributed by atoms with van der Waals surface area (Å²) in [6, 6.07) is 33.7. The summed E-state index contributed by atoms with van der Waals surface area (Å²) in [5.74, 6) is 0.589. The van der Waals surface area contributed by atoms with Crippen LogP contribution in [0.25, 0.3) is 0 Å². The van der Waals surface area contributed by atoms with Crippen molar-refractivity contribution in [3.05, 3.63) is 154 Å². The third-order valence-corrected chi connectivity index (χ3v) is 8.66. The van der Waals surface area contributed by atoms with Gasteiger partial charge < -0.3 is 31.6 Å². The van der Waals surface area contributed by atoms with Gasteiger partial charge in [-0.1, -0.05) is 59.7 Å². The number of carbonyl (C=O) groups is 2. The molecule has 0 spiro atoms. The summed E-state index contributed by atoms with van der Waals surface area (Å²) in [6.45, 7) is 7.89. The molecule has 0 aliphatic heterocycles. The highest BCUT2D eigenvalue weighted by atomic mass is 16.5. The van der Waals surface area contributed by atoms with Crippen molar-refractivity contribution in [2.75, 3.05) is 22.1 Å². The van der Waals surface area contributed by atoms with Gasteiger partial charge in [-0.2, -0.15) is 0 Å². The first-order valence-corrected chi connectivity index (χ1v) is 16.2. The lowest BCUT2D eigenvalue weighted by molar-refractivity contribution is 0.0981. The van der Waals surface area contributed by atoms with Crippen molar-refractivity contribution in [3.63, 3.8) is 0 Å². The van der Waals surface area contributed by atoms with Gasteiger partial charge in [0.05, 0.1) is 45.0 Å². The second-order valence-corrected chi connectivity index (χ2v) is 12.6. The molecule has 0 saturated heterocycles. The average molecular weight is 661 g/mol. The number of hydrogen-bond acceptors (Lipinski definition) is 8. The van der Waals surface area contributed by atoms with E-state index in [9.17, 15) is 9.59 Å². The molecule has 1 aliphatic carbocycles. The van der Waals surface area contributed by atoms with Crippen molar-refractivity contribution < 1.29 is 19.1 Å². The van der Waals surface area contributed by atoms with Crippen molar-refractivity contribution in [1.29, 1.82) is 0 Å². The second kappa shape index (κ2) is 12.8. The smallest absolute Gasteiger partial charge is 0.198 e. The Labute approximate surface area is 290 Å². The standard InChI is InChI=1S/C42H36N4O4/c1-23-11-15-27(16-12-23)45-31-21-33(49-29-9-5-7-25(3)19-29)39(43)37-35(31)41(47)38-36(42(37)48)32(46-28-17-13-24(2)14-18-28)22-34(40(38)44)50-30-10-6-8-26(4)20-30/h5-22,45-46H,43-44H2,1-4H3. The van der Waals surface area contributed by atoms with Crippen LogP contribution < -0.4 is 31.6 Å². The van der Waals surface area contributed by atoms with Crippen LogP contribution in [-0.2, 0) is 0 Å². The molecule has 0 aromatic heterocycles. The van der Waals surface area contributed by atoms with E-state index in [-0.39, 0.29) is 45.1 Å². The summed E-state index contributed by atoms with van der Waals surface area (Å²) in [7, 11) is 0. The maximum Gasteiger partial charge on any atom is 0.198 e. The number of nitrogen functional groups attached to an aromatic ring is 2. The van der Waals surface area contributed by atoms with E-state index in [1.807, 2.05) is 113 Å². The van der Waals surface area contributed by atoms with E-state index in [1.54, 1.807) is 24.3 Å². The van der Waals surface area contributed by atoms with E-state index < -0.39 is 11.6 Å². The zero-order valence-electron chi connectivity index (χ0n) is 28.2. The molecule has 1 aliphatic rings. The largest absolute Gasteiger partial charge is 0.455 e. The quantitative estimate of drug-likeness (QED) is 0.119. The molecule has 6 aromatic carbocycles. The predicted octanol–water partition coefficient (Wildman–Crippen LogP) is 9.93. The first kappa shape index (κ1) is 32.0. The Hall–Kier alpha value is -6.54. The number of anilines is 6. The highest BCUT2D eigenvalue weighted by molar-refractivity contribution is 6.35. The minimum absolute atomic E-state index is 0.0287. The van der Waals surface area contributed by atoms with E-state index in [0.29, 0.717) is 34.2 Å². The summed E-state index contributed by atoms with van der Waals surface area (Å²) < 4.78 is 12.6. The number of carbonyl (C=O) groups excluding carboxylic acids is 2. The number of ketones is 2. The number of hydrogen-bond donors (Lipinski definition) is 4. The third kappa shape index (κ3) is 6.10. The SMILES string of the molecule is Cc1ccc(Nc2cc(Oc3cccc(C)c3)c(N)c3c2C(=O)c2c(N)c(Oc4cccc(C)c4)cc(Nc4ccc(C)cc4)c2C3=O)cc1. The van der Waals surface area contributed by atoms with Gasteiger partial charge in [0.15, 0.2) is 23.1 Å². The lowest BCUT2D eigenvalue weighted by Crippen LogP contribution is -2.26. The van der Waals surface area contributed by atoms with E-state index in [2.05, 4.69) is 10.6 Å². The fourth-order valence-corrected chi connectivity index (χ4v) is 6.10. The van der Waals surface area contributed by atoms with Gasteiger partial charge >= 0.3 is 0 Å². The van der Waals surface area contributed by atoms with Gasteiger partial charge in [0.2, 0.25) is 0 Å². The van der Waals surface area contributed by atoms with Gasteiger partial charge in [-0.05, 0) is 87.4 Å². The Morgan fingerprint density at radius 2 is 0.840 bits per heavy atom. The normalized spacial score (nSPS) is 11.8. The Morgan fingerprint density at radius 1 is 0.460 bits per heavy atom. The van der Waals surface area contributed by atoms with Crippen LogP contribution in [0.5, 0.6) is 23.0 Å². The van der Waals surface area contributed by atoms with Crippen LogP contribution in [-0.4, -0.2) is 11.6 Å². The Balaban J connectivity index is 1.44. The average Bonchev–Trinajstić information content (AvgIpc) is 3.08. The van der Waals surface area contributed by atoms with E-state index in [0.717, 1.165) is 22.3 Å². The third-order valence-electron chi connectivity index (χ3n) is 8.66. The minimum atomic E-state index is -0.475. The minimum Gasteiger partial charge on any atom is -0.455 e. The molecule has 0 unspecified atom stereocenters. The highest BCUT2D eigenvalue weighted by Crippen LogP contribution is 2.48. The molecule has 6 N–H and O–H groups in total. The summed E-state index contributed by atoms with van der Waals surface area (Å²) in [4.78, 5) is 29.7. The van der Waals surface area contributed by atoms with Crippen LogP contribution in [0.1, 0.15) is 54.1 Å². The van der Waals surface area contributed by atoms with Crippen molar-refractivity contribution in [3.8, 4) is 23.0 Å². The van der Waals surface area contributed by atoms with Gasteiger partial charge in [-0.3, -0.25) is 9.59 Å². The molecular formula is C42H36N4O4. The van der Waals surface area contributed by atoms with Gasteiger partial charge in [0, 0.05) is 23.5 Å². The number of aryl methyl sites for hydroxylation is 4. The fourth-order valence-electron chi connectivity index (χ4n) is 6.10. The highest BCUT2D eigenvalue weighted by Gasteiger charge is 2.40. The Kier molecular flexibility index (Phi) is 8.21. The number of rotatable bonds is 8. The van der Waals surface area contributed by atoms with Crippen LogP contribution in [0.2, 0.25) is 0 Å². The van der Waals surface area contributed by atoms with Crippen LogP contribution >= 0.6 is 0 Å². The maximum atomic E-state index is 14.9. The summed E-state index contributed by atoms with van der Waals surface area (Å²) in [6.07, 6.45) is 0. The van der Waals surface area contributed by atoms with Crippen molar-refractivity contribution >= 4 is 45.7 Å². The van der Waals surface area contributed by atoms with Crippen molar-refractivity contribution in [2.45, 2.75) is 27.7 Å². The van der Waals surface area contributed by atoms with Gasteiger partial charge in [-0.15, -0.1) is 0 Å². The van der Waals surface area contributed by atoms with Crippen molar-refractivity contribution in [1.82, 2.24) is 0 Å². The summed E-state index contributed by atoms with van der Waals surface area (Å²) >= 11 is 0. The molecule has 0 radical (unpaired) electrons. The molecule has 7 rings (SSSR count). The number of ether oxygens (including phenoxy) is 2. The second-order valence-electron chi connectivity index (χ2n) is 12.6. The molecule has 8 heteroatoms. The predicted molar refractivity (Wildman–Crippen MR) is 200 cm³/mol. The molecule has 0 atom stereocenters. The summed E-state index contributed by atoms with van der Waals surface area (Å²) in [5.41, 5.74) is 20.1. The van der Waals surface area contributed by atoms with Gasteiger partial charge in [-0.25, -0.2) is 0 Å². The molecule has 0 bridgehead atoms. The zero-order valence-corrected chi connectivity index (χ0v) is 28.2. The van der Waals surface area contributed by atoms with Crippen LogP contribution in [0.4, 0.5) is 34.1 Å². The number of nitrogens with one attached hydrogen (secondary N) is 2. The van der Waals surface area contributed by atoms with Crippen molar-refractivity contribution in [2.24, 2.45) is 0 Å². The fraction of sp³-hybridized carbons (Fsp3) is 0.0952. The molecule has 8 nitrogen and oxygen atoms in total. The lowest BCUT2D eigenvalue weighted by atomic mass is 9.80. The number of benzene rings is 6. The van der Waals surface area contributed by atoms with Gasteiger partial charge in [0.25, 0.3) is 0 Å².